The van der Waals surface area contributed by atoms with Crippen LogP contribution in [0.4, 0.5) is 0 Å². The van der Waals surface area contributed by atoms with Gasteiger partial charge in [-0.3, -0.25) is 4.79 Å². The predicted octanol–water partition coefficient (Wildman–Crippen LogP) is 0.641. The minimum Gasteiger partial charge on any atom is -0.480 e. The number of hydrogen-bond acceptors (Lipinski definition) is 2. The van der Waals surface area contributed by atoms with Crippen molar-refractivity contribution < 1.29 is 11.3 Å². The zero-order chi connectivity index (χ0) is 9.84. The van der Waals surface area contributed by atoms with Crippen molar-refractivity contribution >= 4 is 5.97 Å². The molecule has 1 rings (SSSR count). The zero-order valence-corrected chi connectivity index (χ0v) is 6.47. The zero-order valence-electron chi connectivity index (χ0n) is 7.47. The number of carboxylic acid groups (broad SMARTS) is 1. The maximum absolute atomic E-state index is 10.5. The van der Waals surface area contributed by atoms with Gasteiger partial charge >= 0.3 is 5.97 Å². The van der Waals surface area contributed by atoms with Gasteiger partial charge in [-0.15, -0.1) is 0 Å². The largest absolute Gasteiger partial charge is 0.480 e. The van der Waals surface area contributed by atoms with Gasteiger partial charge in [0, 0.05) is 1.37 Å². The second kappa shape index (κ2) is 3.88. The molecule has 3 nitrogen and oxygen atoms in total. The summed E-state index contributed by atoms with van der Waals surface area (Å²) < 4.78 is 7.54. The number of carboxylic acids is 1. The van der Waals surface area contributed by atoms with Crippen molar-refractivity contribution in [3.05, 3.63) is 35.9 Å². The molecule has 0 aliphatic rings. The van der Waals surface area contributed by atoms with Gasteiger partial charge in [0.2, 0.25) is 0 Å². The van der Waals surface area contributed by atoms with E-state index >= 15 is 0 Å². The Kier molecular flexibility index (Phi) is 2.36. The van der Waals surface area contributed by atoms with Crippen molar-refractivity contribution in [2.75, 3.05) is 0 Å². The normalized spacial score (nSPS) is 16.2. The smallest absolute Gasteiger partial charge is 0.320 e. The van der Waals surface area contributed by atoms with Crippen LogP contribution >= 0.6 is 0 Å². The van der Waals surface area contributed by atoms with Gasteiger partial charge in [-0.1, -0.05) is 30.3 Å². The van der Waals surface area contributed by atoms with E-state index in [-0.39, 0.29) is 0 Å². The third-order valence-electron chi connectivity index (χ3n) is 1.46. The van der Waals surface area contributed by atoms with E-state index < -0.39 is 18.4 Å². The highest BCUT2D eigenvalue weighted by Gasteiger charge is 2.10. The van der Waals surface area contributed by atoms with E-state index in [9.17, 15) is 4.79 Å². The van der Waals surface area contributed by atoms with Gasteiger partial charge < -0.3 is 10.8 Å². The minimum absolute atomic E-state index is 0.623. The molecular weight excluding hydrogens is 154 g/mol. The quantitative estimate of drug-likeness (QED) is 0.694. The highest BCUT2D eigenvalue weighted by atomic mass is 16.4. The van der Waals surface area contributed by atoms with E-state index in [2.05, 4.69) is 0 Å². The predicted molar refractivity (Wildman–Crippen MR) is 45.8 cm³/mol. The fourth-order valence-corrected chi connectivity index (χ4v) is 0.843. The summed E-state index contributed by atoms with van der Waals surface area (Å²) in [6.45, 7) is 0. The number of carbonyl (C=O) groups is 1. The summed E-state index contributed by atoms with van der Waals surface area (Å²) in [5, 5.41) is 8.57. The second-order valence-electron chi connectivity index (χ2n) is 2.44. The minimum atomic E-state index is -1.16. The van der Waals surface area contributed by atoms with Crippen LogP contribution in [-0.2, 0) is 11.2 Å². The summed E-state index contributed by atoms with van der Waals surface area (Å²) in [5.74, 6) is -1.15. The molecule has 0 heterocycles. The number of rotatable bonds is 3. The van der Waals surface area contributed by atoms with Crippen LogP contribution in [-0.4, -0.2) is 17.1 Å². The maximum Gasteiger partial charge on any atom is 0.320 e. The van der Waals surface area contributed by atoms with Crippen molar-refractivity contribution in [3.63, 3.8) is 0 Å². The first-order valence-electron chi connectivity index (χ1n) is 4.16. The van der Waals surface area contributed by atoms with Crippen molar-refractivity contribution in [1.82, 2.24) is 0 Å². The Hall–Kier alpha value is -1.35. The average molecular weight is 167 g/mol. The third kappa shape index (κ3) is 2.36. The standard InChI is InChI=1S/C9H11NO2/c10-8(9(11)12)6-7-4-2-1-3-5-7/h1-5,8H,6,10H2,(H,11,12)/t8-/m0/s1/i6T/t6-,8+/m1. The van der Waals surface area contributed by atoms with Crippen molar-refractivity contribution in [2.24, 2.45) is 5.73 Å². The maximum atomic E-state index is 10.5. The van der Waals surface area contributed by atoms with Gasteiger partial charge in [-0.05, 0) is 12.0 Å². The monoisotopic (exact) mass is 167 g/mol. The van der Waals surface area contributed by atoms with E-state index in [1.54, 1.807) is 24.3 Å². The molecule has 3 N–H and O–H groups in total. The molecule has 0 aromatic heterocycles. The first-order valence-corrected chi connectivity index (χ1v) is 3.58. The molecule has 3 heteroatoms. The van der Waals surface area contributed by atoms with Crippen molar-refractivity contribution in [1.29, 1.82) is 0 Å². The molecule has 0 fully saturated rings. The third-order valence-corrected chi connectivity index (χ3v) is 1.46. The molecular formula is C9H11NO2. The molecule has 0 saturated carbocycles. The Bertz CT molecular complexity index is 289. The Morgan fingerprint density at radius 3 is 2.67 bits per heavy atom. The molecule has 0 amide bonds. The van der Waals surface area contributed by atoms with Crippen LogP contribution in [0.3, 0.4) is 0 Å². The lowest BCUT2D eigenvalue weighted by Crippen LogP contribution is -2.32. The molecule has 1 aromatic carbocycles. The topological polar surface area (TPSA) is 63.3 Å². The Morgan fingerprint density at radius 2 is 2.17 bits per heavy atom. The van der Waals surface area contributed by atoms with Gasteiger partial charge in [0.25, 0.3) is 0 Å². The second-order valence-corrected chi connectivity index (χ2v) is 2.44. The first kappa shape index (κ1) is 7.31. The molecule has 12 heavy (non-hydrogen) atoms. The van der Waals surface area contributed by atoms with Crippen LogP contribution in [0.2, 0.25) is 0 Å². The highest BCUT2D eigenvalue weighted by Crippen LogP contribution is 2.01. The molecule has 2 atom stereocenters. The molecule has 0 spiro atoms. The molecule has 0 unspecified atom stereocenters. The summed E-state index contributed by atoms with van der Waals surface area (Å²) in [6, 6.07) is 7.54. The molecule has 0 saturated heterocycles. The van der Waals surface area contributed by atoms with E-state index in [4.69, 9.17) is 12.2 Å². The number of nitrogens with two attached hydrogens (primary N) is 1. The summed E-state index contributed by atoms with van der Waals surface area (Å²) in [5.41, 5.74) is 5.93. The number of aliphatic carboxylic acids is 1. The van der Waals surface area contributed by atoms with Crippen LogP contribution in [0.25, 0.3) is 0 Å². The van der Waals surface area contributed by atoms with E-state index in [0.717, 1.165) is 0 Å². The van der Waals surface area contributed by atoms with Crippen LogP contribution in [0.15, 0.2) is 30.3 Å². The lowest BCUT2D eigenvalue weighted by Gasteiger charge is -2.04. The lowest BCUT2D eigenvalue weighted by atomic mass is 10.1. The Balaban J connectivity index is 2.79. The summed E-state index contributed by atoms with van der Waals surface area (Å²) in [7, 11) is 0. The number of benzene rings is 1. The Morgan fingerprint density at radius 1 is 1.58 bits per heavy atom. The van der Waals surface area contributed by atoms with Crippen LogP contribution < -0.4 is 5.73 Å². The van der Waals surface area contributed by atoms with Crippen LogP contribution in [0.1, 0.15) is 6.93 Å². The molecule has 1 aromatic rings. The number of hydrogen-bond donors (Lipinski definition) is 2. The van der Waals surface area contributed by atoms with Gasteiger partial charge in [-0.25, -0.2) is 0 Å². The van der Waals surface area contributed by atoms with Gasteiger partial charge in [-0.2, -0.15) is 0 Å². The van der Waals surface area contributed by atoms with E-state index in [1.807, 2.05) is 6.07 Å². The molecule has 0 aliphatic carbocycles. The molecule has 0 aliphatic heterocycles. The fourth-order valence-electron chi connectivity index (χ4n) is 0.843. The first-order chi connectivity index (χ1) is 6.13. The fraction of sp³-hybridized carbons (Fsp3) is 0.222. The Labute approximate surface area is 72.2 Å². The molecule has 0 bridgehead atoms. The summed E-state index contributed by atoms with van der Waals surface area (Å²) in [6.07, 6.45) is -0.904. The highest BCUT2D eigenvalue weighted by molar-refractivity contribution is 5.73. The van der Waals surface area contributed by atoms with Gasteiger partial charge in [0.05, 0.1) is 0 Å². The van der Waals surface area contributed by atoms with Crippen molar-refractivity contribution in [3.8, 4) is 0 Å². The summed E-state index contributed by atoms with van der Waals surface area (Å²) >= 11 is 0. The average Bonchev–Trinajstić information content (AvgIpc) is 2.17. The van der Waals surface area contributed by atoms with E-state index in [1.165, 1.54) is 0 Å². The lowest BCUT2D eigenvalue weighted by molar-refractivity contribution is -0.138. The molecule has 64 valence electrons. The van der Waals surface area contributed by atoms with Crippen LogP contribution in [0.5, 0.6) is 0 Å². The SMILES string of the molecule is [3H][C@H](c1ccccc1)[C@H](N)C(=O)O. The van der Waals surface area contributed by atoms with Gasteiger partial charge in [0.15, 0.2) is 0 Å². The van der Waals surface area contributed by atoms with E-state index in [0.29, 0.717) is 5.56 Å². The molecule has 0 radical (unpaired) electrons. The van der Waals surface area contributed by atoms with Gasteiger partial charge in [0.1, 0.15) is 6.04 Å². The summed E-state index contributed by atoms with van der Waals surface area (Å²) in [4.78, 5) is 10.5. The van der Waals surface area contributed by atoms with Crippen LogP contribution in [0, 0.1) is 0 Å². The van der Waals surface area contributed by atoms with Crippen molar-refractivity contribution in [2.45, 2.75) is 12.4 Å².